The van der Waals surface area contributed by atoms with Crippen LogP contribution >= 0.6 is 15.9 Å². The lowest BCUT2D eigenvalue weighted by Gasteiger charge is -2.15. The van der Waals surface area contributed by atoms with Crippen molar-refractivity contribution in [1.82, 2.24) is 0 Å². The Morgan fingerprint density at radius 2 is 1.21 bits per heavy atom. The van der Waals surface area contributed by atoms with Crippen LogP contribution in [0.4, 0.5) is 17.1 Å². The number of rotatable bonds is 10. The molecule has 3 N–H and O–H groups in total. The van der Waals surface area contributed by atoms with Gasteiger partial charge in [-0.25, -0.2) is 16.8 Å². The Morgan fingerprint density at radius 1 is 0.737 bits per heavy atom. The summed E-state index contributed by atoms with van der Waals surface area (Å²) >= 11 is 3.20. The highest BCUT2D eigenvalue weighted by Gasteiger charge is 2.19. The van der Waals surface area contributed by atoms with Crippen LogP contribution in [0.1, 0.15) is 6.42 Å². The molecule has 38 heavy (non-hydrogen) atoms. The second-order valence-corrected chi connectivity index (χ2v) is 12.3. The lowest BCUT2D eigenvalue weighted by molar-refractivity contribution is -0.115. The molecule has 0 aliphatic carbocycles. The van der Waals surface area contributed by atoms with E-state index in [1.807, 2.05) is 0 Å². The zero-order chi connectivity index (χ0) is 27.3. The number of anilines is 3. The van der Waals surface area contributed by atoms with Crippen molar-refractivity contribution in [2.24, 2.45) is 0 Å². The molecule has 198 valence electrons. The lowest BCUT2D eigenvalue weighted by atomic mass is 10.1. The summed E-state index contributed by atoms with van der Waals surface area (Å²) in [7, 11) is -6.40. The number of hydrogen-bond acceptors (Lipinski definition) is 6. The van der Waals surface area contributed by atoms with E-state index in [1.54, 1.807) is 36.4 Å². The van der Waals surface area contributed by atoms with E-state index >= 15 is 0 Å². The summed E-state index contributed by atoms with van der Waals surface area (Å²) in [6.45, 7) is 0. The summed E-state index contributed by atoms with van der Waals surface area (Å²) < 4.78 is 62.4. The fourth-order valence-electron chi connectivity index (χ4n) is 3.67. The number of halogens is 1. The average molecular weight is 619 g/mol. The van der Waals surface area contributed by atoms with E-state index in [0.717, 1.165) is 0 Å². The number of sulfonamides is 2. The van der Waals surface area contributed by atoms with Crippen molar-refractivity contribution in [3.8, 4) is 5.75 Å². The summed E-state index contributed by atoms with van der Waals surface area (Å²) in [5, 5.41) is 4.22. The highest BCUT2D eigenvalue weighted by molar-refractivity contribution is 9.09. The summed E-state index contributed by atoms with van der Waals surface area (Å²) in [6.07, 6.45) is 0.293. The van der Waals surface area contributed by atoms with Crippen LogP contribution in [-0.4, -0.2) is 35.2 Å². The molecule has 0 radical (unpaired) electrons. The molecule has 0 aliphatic rings. The highest BCUT2D eigenvalue weighted by Crippen LogP contribution is 2.33. The lowest BCUT2D eigenvalue weighted by Crippen LogP contribution is -2.15. The van der Waals surface area contributed by atoms with Crippen LogP contribution in [0.5, 0.6) is 5.75 Å². The largest absolute Gasteiger partial charge is 0.497 e. The van der Waals surface area contributed by atoms with Crippen LogP contribution < -0.4 is 19.5 Å². The van der Waals surface area contributed by atoms with Crippen molar-refractivity contribution < 1.29 is 26.4 Å². The number of nitrogens with one attached hydrogen (secondary N) is 3. The van der Waals surface area contributed by atoms with E-state index in [0.29, 0.717) is 39.6 Å². The van der Waals surface area contributed by atoms with Gasteiger partial charge in [0.15, 0.2) is 0 Å². The van der Waals surface area contributed by atoms with Gasteiger partial charge in [-0.15, -0.1) is 0 Å². The van der Waals surface area contributed by atoms with Gasteiger partial charge in [-0.3, -0.25) is 14.2 Å². The first kappa shape index (κ1) is 27.4. The fourth-order valence-corrected chi connectivity index (χ4v) is 6.19. The summed E-state index contributed by atoms with van der Waals surface area (Å²) in [6, 6.07) is 21.6. The molecular formula is C26H24BrN3O6S2. The van der Waals surface area contributed by atoms with E-state index in [4.69, 9.17) is 4.74 Å². The minimum Gasteiger partial charge on any atom is -0.497 e. The number of benzene rings is 4. The number of amides is 1. The molecule has 0 saturated carbocycles. The SMILES string of the molecule is COc1ccc(S(=O)(=O)Nc2ccc(NS(=O)(=O)c3ccc(NC(=O)CCBr)cc3)c3ccccc23)cc1. The molecule has 0 fully saturated rings. The second-order valence-electron chi connectivity index (χ2n) is 8.10. The van der Waals surface area contributed by atoms with Crippen LogP contribution in [0.25, 0.3) is 10.8 Å². The van der Waals surface area contributed by atoms with Crippen LogP contribution in [0.3, 0.4) is 0 Å². The Kier molecular flexibility index (Phi) is 8.24. The van der Waals surface area contributed by atoms with E-state index in [1.165, 1.54) is 55.6 Å². The summed E-state index contributed by atoms with van der Waals surface area (Å²) in [4.78, 5) is 11.8. The van der Waals surface area contributed by atoms with Crippen molar-refractivity contribution in [3.05, 3.63) is 84.9 Å². The summed E-state index contributed by atoms with van der Waals surface area (Å²) in [5.74, 6) is 0.338. The first-order valence-electron chi connectivity index (χ1n) is 11.3. The van der Waals surface area contributed by atoms with Crippen molar-refractivity contribution in [3.63, 3.8) is 0 Å². The topological polar surface area (TPSA) is 131 Å². The van der Waals surface area contributed by atoms with Gasteiger partial charge >= 0.3 is 0 Å². The van der Waals surface area contributed by atoms with Gasteiger partial charge < -0.3 is 10.1 Å². The maximum atomic E-state index is 13.1. The molecule has 4 aromatic rings. The van der Waals surface area contributed by atoms with Crippen molar-refractivity contribution >= 4 is 69.7 Å². The van der Waals surface area contributed by atoms with E-state index in [-0.39, 0.29) is 21.4 Å². The molecule has 9 nitrogen and oxygen atoms in total. The van der Waals surface area contributed by atoms with Gasteiger partial charge in [0.25, 0.3) is 20.0 Å². The maximum absolute atomic E-state index is 13.1. The Balaban J connectivity index is 1.60. The molecule has 0 aromatic heterocycles. The fraction of sp³-hybridized carbons (Fsp3) is 0.115. The molecule has 0 bridgehead atoms. The van der Waals surface area contributed by atoms with E-state index in [2.05, 4.69) is 30.7 Å². The molecule has 4 aromatic carbocycles. The number of fused-ring (bicyclic) bond motifs is 1. The van der Waals surface area contributed by atoms with E-state index < -0.39 is 20.0 Å². The Morgan fingerprint density at radius 3 is 1.66 bits per heavy atom. The minimum absolute atomic E-state index is 0.00403. The van der Waals surface area contributed by atoms with Gasteiger partial charge in [0.2, 0.25) is 5.91 Å². The third-order valence-electron chi connectivity index (χ3n) is 5.55. The number of methoxy groups -OCH3 is 1. The molecular weight excluding hydrogens is 594 g/mol. The zero-order valence-corrected chi connectivity index (χ0v) is 23.4. The molecule has 0 saturated heterocycles. The molecule has 0 aliphatic heterocycles. The molecule has 0 unspecified atom stereocenters. The molecule has 1 amide bonds. The van der Waals surface area contributed by atoms with Gasteiger partial charge in [-0.05, 0) is 60.7 Å². The van der Waals surface area contributed by atoms with Crippen LogP contribution in [0.15, 0.2) is 94.7 Å². The molecule has 4 rings (SSSR count). The van der Waals surface area contributed by atoms with Gasteiger partial charge in [-0.2, -0.15) is 0 Å². The molecule has 0 atom stereocenters. The van der Waals surface area contributed by atoms with Gasteiger partial charge in [-0.1, -0.05) is 40.2 Å². The third-order valence-corrected chi connectivity index (χ3v) is 8.71. The predicted octanol–water partition coefficient (Wildman–Crippen LogP) is 5.17. The normalized spacial score (nSPS) is 11.6. The first-order chi connectivity index (χ1) is 18.1. The highest BCUT2D eigenvalue weighted by atomic mass is 79.9. The summed E-state index contributed by atoms with van der Waals surface area (Å²) in [5.41, 5.74) is 1.06. The Bertz CT molecular complexity index is 1670. The quantitative estimate of drug-likeness (QED) is 0.210. The number of carbonyl (C=O) groups is 1. The maximum Gasteiger partial charge on any atom is 0.261 e. The van der Waals surface area contributed by atoms with Crippen molar-refractivity contribution in [2.45, 2.75) is 16.2 Å². The number of alkyl halides is 1. The first-order valence-corrected chi connectivity index (χ1v) is 15.4. The number of ether oxygens (including phenoxy) is 1. The molecule has 12 heteroatoms. The predicted molar refractivity (Wildman–Crippen MR) is 152 cm³/mol. The second kappa shape index (κ2) is 11.4. The minimum atomic E-state index is -3.98. The zero-order valence-electron chi connectivity index (χ0n) is 20.1. The van der Waals surface area contributed by atoms with Crippen molar-refractivity contribution in [2.75, 3.05) is 27.2 Å². The number of hydrogen-bond donors (Lipinski definition) is 3. The number of carbonyl (C=O) groups excluding carboxylic acids is 1. The monoisotopic (exact) mass is 617 g/mol. The van der Waals surface area contributed by atoms with Crippen LogP contribution in [0.2, 0.25) is 0 Å². The van der Waals surface area contributed by atoms with Gasteiger partial charge in [0, 0.05) is 28.2 Å². The van der Waals surface area contributed by atoms with Gasteiger partial charge in [0.05, 0.1) is 28.3 Å². The van der Waals surface area contributed by atoms with E-state index in [9.17, 15) is 21.6 Å². The van der Waals surface area contributed by atoms with Crippen molar-refractivity contribution in [1.29, 1.82) is 0 Å². The molecule has 0 heterocycles. The van der Waals surface area contributed by atoms with Gasteiger partial charge in [0.1, 0.15) is 5.75 Å². The Labute approximate surface area is 229 Å². The Hall–Kier alpha value is -3.61. The molecule has 0 spiro atoms. The van der Waals surface area contributed by atoms with Crippen LogP contribution in [-0.2, 0) is 24.8 Å². The third kappa shape index (κ3) is 6.26. The standard InChI is InChI=1S/C26H24BrN3O6S2/c1-36-19-8-12-21(13-9-19)38(34,35)30-25-15-14-24(22-4-2-3-5-23(22)25)29-37(32,33)20-10-6-18(7-11-20)28-26(31)16-17-27/h2-15,29-30H,16-17H2,1H3,(H,28,31). The smallest absolute Gasteiger partial charge is 0.261 e. The van der Waals surface area contributed by atoms with Crippen LogP contribution in [0, 0.1) is 0 Å². The average Bonchev–Trinajstić information content (AvgIpc) is 2.90.